The summed E-state index contributed by atoms with van der Waals surface area (Å²) < 4.78 is 5.43. The molecule has 0 aliphatic heterocycles. The highest BCUT2D eigenvalue weighted by Gasteiger charge is 2.21. The first-order chi connectivity index (χ1) is 9.53. The summed E-state index contributed by atoms with van der Waals surface area (Å²) in [5.41, 5.74) is 2.11. The number of benzene rings is 1. The van der Waals surface area contributed by atoms with Crippen LogP contribution in [0.4, 0.5) is 4.79 Å². The predicted molar refractivity (Wildman–Crippen MR) is 87.5 cm³/mol. The lowest BCUT2D eigenvalue weighted by atomic mass is 9.87. The number of nitrogens with zero attached hydrogens (tertiary/aromatic N) is 1. The molecular formula is C18H29NO2. The molecule has 0 unspecified atom stereocenters. The van der Waals surface area contributed by atoms with E-state index in [1.807, 2.05) is 27.7 Å². The fourth-order valence-electron chi connectivity index (χ4n) is 1.96. The van der Waals surface area contributed by atoms with Gasteiger partial charge in [-0.15, -0.1) is 0 Å². The molecule has 0 bridgehead atoms. The fraction of sp³-hybridized carbons (Fsp3) is 0.611. The lowest BCUT2D eigenvalue weighted by molar-refractivity contribution is 0.0244. The highest BCUT2D eigenvalue weighted by atomic mass is 16.6. The molecule has 1 aromatic carbocycles. The minimum Gasteiger partial charge on any atom is -0.444 e. The van der Waals surface area contributed by atoms with Crippen LogP contribution in [0.25, 0.3) is 0 Å². The standard InChI is InChI=1S/C18H29NO2/c1-8-19(16(20)21-18(5,6)7)13-14-9-11-15(12-10-14)17(2,3)4/h9-12H,8,13H2,1-7H3. The number of carbonyl (C=O) groups excluding carboxylic acids is 1. The van der Waals surface area contributed by atoms with E-state index in [-0.39, 0.29) is 11.5 Å². The van der Waals surface area contributed by atoms with Crippen molar-refractivity contribution in [2.45, 2.75) is 66.0 Å². The van der Waals surface area contributed by atoms with E-state index in [0.29, 0.717) is 13.1 Å². The van der Waals surface area contributed by atoms with Crippen molar-refractivity contribution >= 4 is 6.09 Å². The summed E-state index contributed by atoms with van der Waals surface area (Å²) in [6.07, 6.45) is -0.259. The van der Waals surface area contributed by atoms with Gasteiger partial charge in [0, 0.05) is 13.1 Å². The quantitative estimate of drug-likeness (QED) is 0.805. The topological polar surface area (TPSA) is 29.5 Å². The third-order valence-corrected chi connectivity index (χ3v) is 3.23. The van der Waals surface area contributed by atoms with Crippen LogP contribution in [-0.2, 0) is 16.7 Å². The number of rotatable bonds is 3. The maximum atomic E-state index is 12.1. The Labute approximate surface area is 129 Å². The second-order valence-electron chi connectivity index (χ2n) is 7.44. The van der Waals surface area contributed by atoms with Crippen LogP contribution in [0.1, 0.15) is 59.6 Å². The Morgan fingerprint density at radius 1 is 1.05 bits per heavy atom. The summed E-state index contributed by atoms with van der Waals surface area (Å²) in [5, 5.41) is 0. The van der Waals surface area contributed by atoms with Crippen LogP contribution in [0.3, 0.4) is 0 Å². The molecular weight excluding hydrogens is 262 g/mol. The van der Waals surface area contributed by atoms with E-state index >= 15 is 0 Å². The zero-order chi connectivity index (χ0) is 16.3. The van der Waals surface area contributed by atoms with E-state index in [2.05, 4.69) is 45.0 Å². The number of hydrogen-bond donors (Lipinski definition) is 0. The predicted octanol–water partition coefficient (Wildman–Crippen LogP) is 4.74. The summed E-state index contributed by atoms with van der Waals surface area (Å²) in [6, 6.07) is 8.46. The summed E-state index contributed by atoms with van der Waals surface area (Å²) in [5.74, 6) is 0. The van der Waals surface area contributed by atoms with Gasteiger partial charge in [0.1, 0.15) is 5.60 Å². The van der Waals surface area contributed by atoms with Crippen molar-refractivity contribution in [1.82, 2.24) is 4.90 Å². The van der Waals surface area contributed by atoms with Gasteiger partial charge in [-0.05, 0) is 44.2 Å². The van der Waals surface area contributed by atoms with Gasteiger partial charge in [0.2, 0.25) is 0 Å². The second kappa shape index (κ2) is 6.50. The van der Waals surface area contributed by atoms with E-state index in [1.54, 1.807) is 4.90 Å². The molecule has 0 aliphatic carbocycles. The summed E-state index contributed by atoms with van der Waals surface area (Å²) in [6.45, 7) is 15.4. The molecule has 0 spiro atoms. The maximum absolute atomic E-state index is 12.1. The molecule has 3 heteroatoms. The van der Waals surface area contributed by atoms with Crippen LogP contribution in [0.5, 0.6) is 0 Å². The third kappa shape index (κ3) is 5.78. The average Bonchev–Trinajstić information content (AvgIpc) is 2.33. The van der Waals surface area contributed by atoms with Crippen LogP contribution in [-0.4, -0.2) is 23.1 Å². The minimum absolute atomic E-state index is 0.147. The molecule has 0 aliphatic rings. The summed E-state index contributed by atoms with van der Waals surface area (Å²) in [4.78, 5) is 13.8. The average molecular weight is 291 g/mol. The lowest BCUT2D eigenvalue weighted by Crippen LogP contribution is -2.36. The van der Waals surface area contributed by atoms with Crippen LogP contribution in [0, 0.1) is 0 Å². The second-order valence-corrected chi connectivity index (χ2v) is 7.44. The van der Waals surface area contributed by atoms with Gasteiger partial charge in [-0.1, -0.05) is 45.0 Å². The highest BCUT2D eigenvalue weighted by molar-refractivity contribution is 5.68. The van der Waals surface area contributed by atoms with Crippen LogP contribution < -0.4 is 0 Å². The van der Waals surface area contributed by atoms with Crippen molar-refractivity contribution in [3.8, 4) is 0 Å². The molecule has 0 radical (unpaired) electrons. The molecule has 1 aromatic rings. The molecule has 118 valence electrons. The van der Waals surface area contributed by atoms with Crippen LogP contribution in [0.2, 0.25) is 0 Å². The molecule has 0 N–H and O–H groups in total. The lowest BCUT2D eigenvalue weighted by Gasteiger charge is -2.27. The SMILES string of the molecule is CCN(Cc1ccc(C(C)(C)C)cc1)C(=O)OC(C)(C)C. The monoisotopic (exact) mass is 291 g/mol. The largest absolute Gasteiger partial charge is 0.444 e. The van der Waals surface area contributed by atoms with Crippen molar-refractivity contribution in [2.24, 2.45) is 0 Å². The van der Waals surface area contributed by atoms with Gasteiger partial charge in [-0.2, -0.15) is 0 Å². The normalized spacial score (nSPS) is 12.1. The van der Waals surface area contributed by atoms with Gasteiger partial charge in [0.25, 0.3) is 0 Å². The Kier molecular flexibility index (Phi) is 5.43. The first kappa shape index (κ1) is 17.5. The fourth-order valence-corrected chi connectivity index (χ4v) is 1.96. The van der Waals surface area contributed by atoms with Gasteiger partial charge in [-0.25, -0.2) is 4.79 Å². The molecule has 1 amide bonds. The first-order valence-corrected chi connectivity index (χ1v) is 7.60. The molecule has 21 heavy (non-hydrogen) atoms. The van der Waals surface area contributed by atoms with Crippen molar-refractivity contribution < 1.29 is 9.53 Å². The maximum Gasteiger partial charge on any atom is 0.410 e. The third-order valence-electron chi connectivity index (χ3n) is 3.23. The Bertz CT molecular complexity index is 463. The zero-order valence-corrected chi connectivity index (χ0v) is 14.5. The summed E-state index contributed by atoms with van der Waals surface area (Å²) >= 11 is 0. The summed E-state index contributed by atoms with van der Waals surface area (Å²) in [7, 11) is 0. The number of carbonyl (C=O) groups is 1. The van der Waals surface area contributed by atoms with E-state index in [0.717, 1.165) is 5.56 Å². The number of hydrogen-bond acceptors (Lipinski definition) is 2. The number of ether oxygens (including phenoxy) is 1. The zero-order valence-electron chi connectivity index (χ0n) is 14.5. The van der Waals surface area contributed by atoms with E-state index in [4.69, 9.17) is 4.74 Å². The molecule has 0 fully saturated rings. The van der Waals surface area contributed by atoms with E-state index in [9.17, 15) is 4.79 Å². The van der Waals surface area contributed by atoms with Crippen molar-refractivity contribution in [3.63, 3.8) is 0 Å². The minimum atomic E-state index is -0.458. The first-order valence-electron chi connectivity index (χ1n) is 7.60. The van der Waals surface area contributed by atoms with Crippen LogP contribution in [0.15, 0.2) is 24.3 Å². The molecule has 0 heterocycles. The van der Waals surface area contributed by atoms with Crippen molar-refractivity contribution in [1.29, 1.82) is 0 Å². The van der Waals surface area contributed by atoms with Gasteiger partial charge < -0.3 is 9.64 Å². The van der Waals surface area contributed by atoms with Crippen molar-refractivity contribution in [2.75, 3.05) is 6.54 Å². The van der Waals surface area contributed by atoms with E-state index in [1.165, 1.54) is 5.56 Å². The molecule has 0 saturated carbocycles. The molecule has 0 aromatic heterocycles. The van der Waals surface area contributed by atoms with E-state index < -0.39 is 5.60 Å². The van der Waals surface area contributed by atoms with Gasteiger partial charge in [0.15, 0.2) is 0 Å². The molecule has 3 nitrogen and oxygen atoms in total. The Balaban J connectivity index is 2.76. The Hall–Kier alpha value is -1.51. The molecule has 0 atom stereocenters. The molecule has 1 rings (SSSR count). The van der Waals surface area contributed by atoms with Gasteiger partial charge in [0.05, 0.1) is 0 Å². The molecule has 0 saturated heterocycles. The Morgan fingerprint density at radius 3 is 1.95 bits per heavy atom. The van der Waals surface area contributed by atoms with Gasteiger partial charge >= 0.3 is 6.09 Å². The highest BCUT2D eigenvalue weighted by Crippen LogP contribution is 2.22. The number of amides is 1. The Morgan fingerprint density at radius 2 is 1.57 bits per heavy atom. The van der Waals surface area contributed by atoms with Crippen molar-refractivity contribution in [3.05, 3.63) is 35.4 Å². The van der Waals surface area contributed by atoms with Crippen LogP contribution >= 0.6 is 0 Å². The smallest absolute Gasteiger partial charge is 0.410 e. The van der Waals surface area contributed by atoms with Gasteiger partial charge in [-0.3, -0.25) is 0 Å².